The molecule has 3 nitrogen and oxygen atoms in total. The molecule has 2 aromatic rings. The summed E-state index contributed by atoms with van der Waals surface area (Å²) < 4.78 is 0. The fraction of sp³-hybridized carbons (Fsp3) is 0.438. The van der Waals surface area contributed by atoms with Gasteiger partial charge < -0.3 is 10.0 Å². The average molecular weight is 323 g/mol. The number of aromatic nitrogens is 1. The zero-order chi connectivity index (χ0) is 15.0. The molecule has 3 rings (SSSR count). The first kappa shape index (κ1) is 14.8. The van der Waals surface area contributed by atoms with Crippen LogP contribution in [-0.2, 0) is 5.60 Å². The van der Waals surface area contributed by atoms with Crippen molar-refractivity contribution in [3.63, 3.8) is 0 Å². The van der Waals surface area contributed by atoms with Gasteiger partial charge in [-0.25, -0.2) is 4.98 Å². The molecule has 1 fully saturated rings. The van der Waals surface area contributed by atoms with E-state index >= 15 is 0 Å². The summed E-state index contributed by atoms with van der Waals surface area (Å²) in [6.07, 6.45) is 1.43. The molecule has 1 aliphatic rings. The van der Waals surface area contributed by atoms with Gasteiger partial charge in [-0.15, -0.1) is 11.3 Å². The summed E-state index contributed by atoms with van der Waals surface area (Å²) >= 11 is 7.65. The molecule has 112 valence electrons. The van der Waals surface area contributed by atoms with Crippen molar-refractivity contribution in [2.45, 2.75) is 32.3 Å². The third-order valence-corrected chi connectivity index (χ3v) is 5.65. The van der Waals surface area contributed by atoms with Crippen molar-refractivity contribution in [2.75, 3.05) is 18.0 Å². The highest BCUT2D eigenvalue weighted by Crippen LogP contribution is 2.36. The summed E-state index contributed by atoms with van der Waals surface area (Å²) in [4.78, 5) is 8.15. The fourth-order valence-corrected chi connectivity index (χ4v) is 3.80. The zero-order valence-corrected chi connectivity index (χ0v) is 13.8. The van der Waals surface area contributed by atoms with E-state index in [9.17, 15) is 5.11 Å². The van der Waals surface area contributed by atoms with Crippen LogP contribution in [0.15, 0.2) is 24.3 Å². The van der Waals surface area contributed by atoms with E-state index in [4.69, 9.17) is 11.6 Å². The molecule has 2 heterocycles. The minimum atomic E-state index is -0.748. The standard InChI is InChI=1S/C16H19ClN2OS/c1-11-12(2)21-15(18-11)19-9-7-16(20,8-10-19)13-3-5-14(17)6-4-13/h3-6,20H,7-10H2,1-2H3. The van der Waals surface area contributed by atoms with E-state index < -0.39 is 5.60 Å². The molecule has 0 aliphatic carbocycles. The van der Waals surface area contributed by atoms with Crippen LogP contribution >= 0.6 is 22.9 Å². The Morgan fingerprint density at radius 1 is 1.19 bits per heavy atom. The summed E-state index contributed by atoms with van der Waals surface area (Å²) in [6.45, 7) is 5.80. The van der Waals surface area contributed by atoms with Crippen LogP contribution in [0.3, 0.4) is 0 Å². The predicted octanol–water partition coefficient (Wildman–Crippen LogP) is 3.90. The lowest BCUT2D eigenvalue weighted by Gasteiger charge is -2.38. The molecule has 0 spiro atoms. The van der Waals surface area contributed by atoms with Crippen LogP contribution in [0.4, 0.5) is 5.13 Å². The maximum Gasteiger partial charge on any atom is 0.185 e. The fourth-order valence-electron chi connectivity index (χ4n) is 2.71. The predicted molar refractivity (Wildman–Crippen MR) is 88.4 cm³/mol. The molecular formula is C16H19ClN2OS. The summed E-state index contributed by atoms with van der Waals surface area (Å²) in [7, 11) is 0. The number of hydrogen-bond acceptors (Lipinski definition) is 4. The molecule has 1 aliphatic heterocycles. The van der Waals surface area contributed by atoms with Gasteiger partial charge in [-0.1, -0.05) is 23.7 Å². The van der Waals surface area contributed by atoms with Crippen molar-refractivity contribution in [3.05, 3.63) is 45.4 Å². The van der Waals surface area contributed by atoms with Gasteiger partial charge in [-0.2, -0.15) is 0 Å². The molecular weight excluding hydrogens is 304 g/mol. The molecule has 0 atom stereocenters. The highest BCUT2D eigenvalue weighted by atomic mass is 35.5. The number of rotatable bonds is 2. The largest absolute Gasteiger partial charge is 0.385 e. The minimum Gasteiger partial charge on any atom is -0.385 e. The van der Waals surface area contributed by atoms with E-state index in [2.05, 4.69) is 16.8 Å². The number of anilines is 1. The van der Waals surface area contributed by atoms with E-state index in [0.717, 1.165) is 29.5 Å². The van der Waals surface area contributed by atoms with Gasteiger partial charge in [-0.05, 0) is 44.4 Å². The molecule has 1 saturated heterocycles. The summed E-state index contributed by atoms with van der Waals surface area (Å²) in [5, 5.41) is 12.6. The average Bonchev–Trinajstić information content (AvgIpc) is 2.80. The molecule has 1 aromatic heterocycles. The minimum absolute atomic E-state index is 0.702. The van der Waals surface area contributed by atoms with E-state index in [1.165, 1.54) is 4.88 Å². The Morgan fingerprint density at radius 2 is 1.81 bits per heavy atom. The molecule has 21 heavy (non-hydrogen) atoms. The third-order valence-electron chi connectivity index (χ3n) is 4.26. The van der Waals surface area contributed by atoms with E-state index in [1.54, 1.807) is 11.3 Å². The zero-order valence-electron chi connectivity index (χ0n) is 12.3. The maximum absolute atomic E-state index is 10.9. The first-order chi connectivity index (χ1) is 9.98. The Bertz CT molecular complexity index is 611. The first-order valence-corrected chi connectivity index (χ1v) is 8.35. The third kappa shape index (κ3) is 2.93. The van der Waals surface area contributed by atoms with Gasteiger partial charge in [-0.3, -0.25) is 0 Å². The normalized spacial score (nSPS) is 18.0. The van der Waals surface area contributed by atoms with Crippen molar-refractivity contribution in [2.24, 2.45) is 0 Å². The van der Waals surface area contributed by atoms with E-state index in [1.807, 2.05) is 31.2 Å². The SMILES string of the molecule is Cc1nc(N2CCC(O)(c3ccc(Cl)cc3)CC2)sc1C. The van der Waals surface area contributed by atoms with Crippen LogP contribution in [0.2, 0.25) is 5.02 Å². The maximum atomic E-state index is 10.9. The number of nitrogens with zero attached hydrogens (tertiary/aromatic N) is 2. The van der Waals surface area contributed by atoms with Crippen LogP contribution in [0, 0.1) is 13.8 Å². The Hall–Kier alpha value is -1.10. The highest BCUT2D eigenvalue weighted by Gasteiger charge is 2.34. The molecule has 0 radical (unpaired) electrons. The number of benzene rings is 1. The monoisotopic (exact) mass is 322 g/mol. The topological polar surface area (TPSA) is 36.4 Å². The van der Waals surface area contributed by atoms with Crippen molar-refractivity contribution >= 4 is 28.1 Å². The van der Waals surface area contributed by atoms with Gasteiger partial charge in [0, 0.05) is 23.0 Å². The number of thiazole rings is 1. The number of aliphatic hydroxyl groups is 1. The number of hydrogen-bond donors (Lipinski definition) is 1. The van der Waals surface area contributed by atoms with Crippen LogP contribution in [0.5, 0.6) is 0 Å². The van der Waals surface area contributed by atoms with Crippen molar-refractivity contribution in [1.29, 1.82) is 0 Å². The summed E-state index contributed by atoms with van der Waals surface area (Å²) in [6, 6.07) is 7.54. The first-order valence-electron chi connectivity index (χ1n) is 7.15. The van der Waals surface area contributed by atoms with Crippen LogP contribution in [0.25, 0.3) is 0 Å². The van der Waals surface area contributed by atoms with E-state index in [-0.39, 0.29) is 0 Å². The van der Waals surface area contributed by atoms with Crippen LogP contribution in [-0.4, -0.2) is 23.2 Å². The lowest BCUT2D eigenvalue weighted by atomic mass is 9.84. The molecule has 0 bridgehead atoms. The summed E-state index contributed by atoms with van der Waals surface area (Å²) in [5.41, 5.74) is 1.31. The van der Waals surface area contributed by atoms with Gasteiger partial charge in [0.25, 0.3) is 0 Å². The molecule has 1 aromatic carbocycles. The van der Waals surface area contributed by atoms with Gasteiger partial charge >= 0.3 is 0 Å². The molecule has 1 N–H and O–H groups in total. The second kappa shape index (κ2) is 5.59. The quantitative estimate of drug-likeness (QED) is 0.911. The van der Waals surface area contributed by atoms with Crippen molar-refractivity contribution < 1.29 is 5.11 Å². The Labute approximate surface area is 134 Å². The Kier molecular flexibility index (Phi) is 3.95. The lowest BCUT2D eigenvalue weighted by molar-refractivity contribution is 0.0118. The van der Waals surface area contributed by atoms with Crippen molar-refractivity contribution in [1.82, 2.24) is 4.98 Å². The number of halogens is 1. The second-order valence-corrected chi connectivity index (χ2v) is 7.28. The van der Waals surface area contributed by atoms with Gasteiger partial charge in [0.1, 0.15) is 0 Å². The Balaban J connectivity index is 1.73. The molecule has 0 amide bonds. The lowest BCUT2D eigenvalue weighted by Crippen LogP contribution is -2.42. The molecule has 0 saturated carbocycles. The number of aryl methyl sites for hydroxylation is 2. The summed E-state index contributed by atoms with van der Waals surface area (Å²) in [5.74, 6) is 0. The van der Waals surface area contributed by atoms with Crippen LogP contribution in [0.1, 0.15) is 29.0 Å². The second-order valence-electron chi connectivity index (χ2n) is 5.66. The van der Waals surface area contributed by atoms with Crippen LogP contribution < -0.4 is 4.90 Å². The van der Waals surface area contributed by atoms with Crippen molar-refractivity contribution in [3.8, 4) is 0 Å². The highest BCUT2D eigenvalue weighted by molar-refractivity contribution is 7.15. The van der Waals surface area contributed by atoms with E-state index in [0.29, 0.717) is 17.9 Å². The molecule has 0 unspecified atom stereocenters. The van der Waals surface area contributed by atoms with Gasteiger partial charge in [0.15, 0.2) is 5.13 Å². The number of piperidine rings is 1. The smallest absolute Gasteiger partial charge is 0.185 e. The van der Waals surface area contributed by atoms with Gasteiger partial charge in [0.2, 0.25) is 0 Å². The Morgan fingerprint density at radius 3 is 2.33 bits per heavy atom. The molecule has 5 heteroatoms. The van der Waals surface area contributed by atoms with Gasteiger partial charge in [0.05, 0.1) is 11.3 Å².